The first-order chi connectivity index (χ1) is 13.6. The Morgan fingerprint density at radius 2 is 1.93 bits per heavy atom. The van der Waals surface area contributed by atoms with Crippen LogP contribution in [0.2, 0.25) is 5.02 Å². The summed E-state index contributed by atoms with van der Waals surface area (Å²) >= 11 is 6.00. The summed E-state index contributed by atoms with van der Waals surface area (Å²) in [6.45, 7) is 2.81. The van der Waals surface area contributed by atoms with Crippen molar-refractivity contribution in [1.29, 1.82) is 0 Å². The average Bonchev–Trinajstić information content (AvgIpc) is 3.13. The molecule has 6 heteroatoms. The number of piperidine rings is 1. The van der Waals surface area contributed by atoms with Crippen LogP contribution in [0.25, 0.3) is 11.0 Å². The summed E-state index contributed by atoms with van der Waals surface area (Å²) in [5, 5.41) is 4.57. The summed E-state index contributed by atoms with van der Waals surface area (Å²) in [5.41, 5.74) is 1.94. The number of amides is 1. The van der Waals surface area contributed by atoms with Gasteiger partial charge in [0.2, 0.25) is 0 Å². The van der Waals surface area contributed by atoms with Crippen LogP contribution >= 0.6 is 11.6 Å². The van der Waals surface area contributed by atoms with E-state index in [0.29, 0.717) is 16.4 Å². The van der Waals surface area contributed by atoms with Gasteiger partial charge in [-0.1, -0.05) is 23.7 Å². The Hall–Kier alpha value is -2.50. The van der Waals surface area contributed by atoms with Gasteiger partial charge in [0.25, 0.3) is 5.91 Å². The highest BCUT2D eigenvalue weighted by Gasteiger charge is 2.22. The summed E-state index contributed by atoms with van der Waals surface area (Å²) in [5.74, 6) is 1.04. The van der Waals surface area contributed by atoms with E-state index in [2.05, 4.69) is 22.3 Å². The number of hydrogen-bond donors (Lipinski definition) is 1. The first-order valence-corrected chi connectivity index (χ1v) is 9.84. The molecule has 0 atom stereocenters. The predicted octanol–water partition coefficient (Wildman–Crippen LogP) is 4.49. The van der Waals surface area contributed by atoms with Crippen LogP contribution in [0.4, 0.5) is 0 Å². The number of methoxy groups -OCH3 is 1. The maximum Gasteiger partial charge on any atom is 0.287 e. The predicted molar refractivity (Wildman–Crippen MR) is 110 cm³/mol. The quantitative estimate of drug-likeness (QED) is 0.688. The molecule has 0 unspecified atom stereocenters. The first kappa shape index (κ1) is 18.8. The maximum absolute atomic E-state index is 12.5. The third-order valence-electron chi connectivity index (χ3n) is 5.19. The number of rotatable bonds is 5. The van der Waals surface area contributed by atoms with E-state index < -0.39 is 0 Å². The Balaban J connectivity index is 1.30. The van der Waals surface area contributed by atoms with Crippen LogP contribution in [-0.2, 0) is 6.54 Å². The number of furan rings is 1. The molecular formula is C22H23ClN2O3. The average molecular weight is 399 g/mol. The molecule has 2 aromatic carbocycles. The molecule has 1 amide bonds. The van der Waals surface area contributed by atoms with Crippen LogP contribution < -0.4 is 10.1 Å². The molecule has 146 valence electrons. The molecule has 1 aliphatic rings. The number of ether oxygens (including phenoxy) is 1. The summed E-state index contributed by atoms with van der Waals surface area (Å²) < 4.78 is 10.9. The lowest BCUT2D eigenvalue weighted by Gasteiger charge is -2.32. The summed E-state index contributed by atoms with van der Waals surface area (Å²) in [4.78, 5) is 14.9. The highest BCUT2D eigenvalue weighted by molar-refractivity contribution is 6.31. The van der Waals surface area contributed by atoms with Crippen molar-refractivity contribution < 1.29 is 13.9 Å². The van der Waals surface area contributed by atoms with Crippen molar-refractivity contribution in [2.24, 2.45) is 0 Å². The Morgan fingerprint density at radius 3 is 2.64 bits per heavy atom. The fourth-order valence-electron chi connectivity index (χ4n) is 3.61. The number of likely N-dealkylation sites (tertiary alicyclic amines) is 1. The number of halogens is 1. The number of fused-ring (bicyclic) bond motifs is 1. The monoisotopic (exact) mass is 398 g/mol. The van der Waals surface area contributed by atoms with E-state index >= 15 is 0 Å². The summed E-state index contributed by atoms with van der Waals surface area (Å²) in [6.07, 6.45) is 1.85. The number of nitrogens with one attached hydrogen (secondary N) is 1. The summed E-state index contributed by atoms with van der Waals surface area (Å²) in [6, 6.07) is 15.4. The summed E-state index contributed by atoms with van der Waals surface area (Å²) in [7, 11) is 1.68. The van der Waals surface area contributed by atoms with Gasteiger partial charge in [0.15, 0.2) is 5.76 Å². The lowest BCUT2D eigenvalue weighted by Crippen LogP contribution is -2.44. The second-order valence-electron chi connectivity index (χ2n) is 7.16. The lowest BCUT2D eigenvalue weighted by atomic mass is 10.0. The molecule has 0 bridgehead atoms. The Kier molecular flexibility index (Phi) is 5.55. The van der Waals surface area contributed by atoms with Gasteiger partial charge in [-0.3, -0.25) is 9.69 Å². The fraction of sp³-hybridized carbons (Fsp3) is 0.318. The van der Waals surface area contributed by atoms with Crippen molar-refractivity contribution in [3.05, 3.63) is 64.9 Å². The molecular weight excluding hydrogens is 376 g/mol. The molecule has 0 aliphatic carbocycles. The van der Waals surface area contributed by atoms with Gasteiger partial charge in [0, 0.05) is 36.1 Å². The van der Waals surface area contributed by atoms with Crippen molar-refractivity contribution in [3.63, 3.8) is 0 Å². The first-order valence-electron chi connectivity index (χ1n) is 9.46. The third-order valence-corrected chi connectivity index (χ3v) is 5.43. The Morgan fingerprint density at radius 1 is 1.18 bits per heavy atom. The van der Waals surface area contributed by atoms with Crippen LogP contribution in [0.3, 0.4) is 0 Å². The number of carbonyl (C=O) groups excluding carboxylic acids is 1. The van der Waals surface area contributed by atoms with Crippen molar-refractivity contribution in [3.8, 4) is 5.75 Å². The Bertz CT molecular complexity index is 960. The Labute approximate surface area is 169 Å². The molecule has 28 heavy (non-hydrogen) atoms. The SMILES string of the molecule is COc1ccc(CN2CCC(NC(=O)c3cc4cc(Cl)ccc4o3)CC2)cc1. The normalized spacial score (nSPS) is 15.6. The third kappa shape index (κ3) is 4.32. The largest absolute Gasteiger partial charge is 0.497 e. The van der Waals surface area contributed by atoms with E-state index in [1.165, 1.54) is 5.56 Å². The minimum absolute atomic E-state index is 0.163. The number of hydrogen-bond acceptors (Lipinski definition) is 4. The van der Waals surface area contributed by atoms with Crippen LogP contribution in [0.5, 0.6) is 5.75 Å². The zero-order chi connectivity index (χ0) is 19.5. The van der Waals surface area contributed by atoms with Gasteiger partial charge < -0.3 is 14.5 Å². The minimum Gasteiger partial charge on any atom is -0.497 e. The van der Waals surface area contributed by atoms with Gasteiger partial charge >= 0.3 is 0 Å². The standard InChI is InChI=1S/C22H23ClN2O3/c1-27-19-5-2-15(3-6-19)14-25-10-8-18(9-11-25)24-22(26)21-13-16-12-17(23)4-7-20(16)28-21/h2-7,12-13,18H,8-11,14H2,1H3,(H,24,26). The van der Waals surface area contributed by atoms with Gasteiger partial charge in [-0.15, -0.1) is 0 Å². The number of nitrogens with zero attached hydrogens (tertiary/aromatic N) is 1. The van der Waals surface area contributed by atoms with Crippen molar-refractivity contribution in [1.82, 2.24) is 10.2 Å². The maximum atomic E-state index is 12.5. The molecule has 0 saturated carbocycles. The van der Waals surface area contributed by atoms with Crippen LogP contribution in [0, 0.1) is 0 Å². The lowest BCUT2D eigenvalue weighted by molar-refractivity contribution is 0.0883. The number of benzene rings is 2. The molecule has 3 aromatic rings. The van der Waals surface area contributed by atoms with Gasteiger partial charge in [-0.05, 0) is 54.8 Å². The molecule has 5 nitrogen and oxygen atoms in total. The molecule has 1 N–H and O–H groups in total. The van der Waals surface area contributed by atoms with Gasteiger partial charge in [-0.2, -0.15) is 0 Å². The number of carbonyl (C=O) groups is 1. The van der Waals surface area contributed by atoms with E-state index in [0.717, 1.165) is 43.6 Å². The van der Waals surface area contributed by atoms with Crippen molar-refractivity contribution in [2.45, 2.75) is 25.4 Å². The van der Waals surface area contributed by atoms with Crippen molar-refractivity contribution >= 4 is 28.5 Å². The van der Waals surface area contributed by atoms with E-state index in [9.17, 15) is 4.79 Å². The topological polar surface area (TPSA) is 54.7 Å². The molecule has 1 saturated heterocycles. The van der Waals surface area contributed by atoms with E-state index in [-0.39, 0.29) is 11.9 Å². The van der Waals surface area contributed by atoms with Crippen LogP contribution in [0.15, 0.2) is 52.9 Å². The van der Waals surface area contributed by atoms with Crippen LogP contribution in [-0.4, -0.2) is 37.0 Å². The highest BCUT2D eigenvalue weighted by Crippen LogP contribution is 2.23. The smallest absolute Gasteiger partial charge is 0.287 e. The molecule has 4 rings (SSSR count). The zero-order valence-electron chi connectivity index (χ0n) is 15.8. The second kappa shape index (κ2) is 8.25. The molecule has 0 spiro atoms. The van der Waals surface area contributed by atoms with Gasteiger partial charge in [0.05, 0.1) is 7.11 Å². The van der Waals surface area contributed by atoms with E-state index in [4.69, 9.17) is 20.8 Å². The molecule has 2 heterocycles. The van der Waals surface area contributed by atoms with Gasteiger partial charge in [-0.25, -0.2) is 0 Å². The van der Waals surface area contributed by atoms with E-state index in [1.807, 2.05) is 12.1 Å². The van der Waals surface area contributed by atoms with Crippen molar-refractivity contribution in [2.75, 3.05) is 20.2 Å². The highest BCUT2D eigenvalue weighted by atomic mass is 35.5. The second-order valence-corrected chi connectivity index (χ2v) is 7.60. The van der Waals surface area contributed by atoms with Gasteiger partial charge in [0.1, 0.15) is 11.3 Å². The molecule has 1 fully saturated rings. The van der Waals surface area contributed by atoms with E-state index in [1.54, 1.807) is 31.4 Å². The fourth-order valence-corrected chi connectivity index (χ4v) is 3.79. The zero-order valence-corrected chi connectivity index (χ0v) is 16.5. The molecule has 0 radical (unpaired) electrons. The minimum atomic E-state index is -0.166. The van der Waals surface area contributed by atoms with Crippen LogP contribution in [0.1, 0.15) is 29.0 Å². The molecule has 1 aliphatic heterocycles. The molecule has 1 aromatic heterocycles.